The number of hydrogen-bond donors (Lipinski definition) is 0. The molecule has 4 atom stereocenters. The van der Waals surface area contributed by atoms with E-state index in [2.05, 4.69) is 101 Å². The van der Waals surface area contributed by atoms with E-state index in [0.29, 0.717) is 5.92 Å². The van der Waals surface area contributed by atoms with Crippen LogP contribution in [0.1, 0.15) is 23.5 Å². The van der Waals surface area contributed by atoms with Crippen LogP contribution in [0.25, 0.3) is 5.57 Å². The van der Waals surface area contributed by atoms with Crippen LogP contribution in [0.2, 0.25) is 0 Å². The molecule has 0 bridgehead atoms. The van der Waals surface area contributed by atoms with E-state index in [1.54, 1.807) is 12.4 Å². The molecule has 4 aliphatic heterocycles. The molecule has 0 aliphatic carbocycles. The maximum absolute atomic E-state index is 4.83. The number of allylic oxidation sites excluding steroid dienone is 1. The topological polar surface area (TPSA) is 38.7 Å². The standard InChI is InChI=1S/C27H26N6/c1-17-16-20-19-9-5-6-10-21(19)32-15-14-30(2)26(32)23(20)27-31(3)24-25(29-13-12-28-24)33(27)22-11-7-4-8-18(17)22/h4-15,20,23,26-27H,1,16H2,2-3H3. The molecule has 6 heteroatoms. The Morgan fingerprint density at radius 2 is 1.58 bits per heavy atom. The Labute approximate surface area is 194 Å². The van der Waals surface area contributed by atoms with Gasteiger partial charge in [-0.15, -0.1) is 0 Å². The highest BCUT2D eigenvalue weighted by Gasteiger charge is 2.54. The molecule has 0 spiro atoms. The van der Waals surface area contributed by atoms with Gasteiger partial charge in [0.15, 0.2) is 11.6 Å². The third kappa shape index (κ3) is 2.38. The van der Waals surface area contributed by atoms with Gasteiger partial charge >= 0.3 is 0 Å². The summed E-state index contributed by atoms with van der Waals surface area (Å²) in [5, 5.41) is 0. The predicted molar refractivity (Wildman–Crippen MR) is 132 cm³/mol. The van der Waals surface area contributed by atoms with Crippen molar-refractivity contribution in [2.24, 2.45) is 5.92 Å². The van der Waals surface area contributed by atoms with Crippen molar-refractivity contribution in [1.82, 2.24) is 14.9 Å². The van der Waals surface area contributed by atoms with E-state index in [1.807, 2.05) is 0 Å². The molecule has 3 aromatic rings. The fourth-order valence-electron chi connectivity index (χ4n) is 6.50. The molecule has 7 rings (SSSR count). The van der Waals surface area contributed by atoms with Crippen LogP contribution in [-0.4, -0.2) is 41.3 Å². The van der Waals surface area contributed by atoms with Crippen molar-refractivity contribution in [3.05, 3.63) is 91.0 Å². The Balaban J connectivity index is 1.52. The summed E-state index contributed by atoms with van der Waals surface area (Å²) in [5.41, 5.74) is 6.23. The first-order valence-electron chi connectivity index (χ1n) is 11.5. The third-order valence-corrected chi connectivity index (χ3v) is 7.83. The van der Waals surface area contributed by atoms with Gasteiger partial charge in [0.2, 0.25) is 0 Å². The zero-order valence-corrected chi connectivity index (χ0v) is 18.8. The van der Waals surface area contributed by atoms with Gasteiger partial charge in [-0.1, -0.05) is 43.0 Å². The summed E-state index contributed by atoms with van der Waals surface area (Å²) in [6, 6.07) is 17.5. The molecule has 6 nitrogen and oxygen atoms in total. The molecule has 0 fully saturated rings. The van der Waals surface area contributed by atoms with Crippen LogP contribution >= 0.6 is 0 Å². The van der Waals surface area contributed by atoms with Crippen molar-refractivity contribution in [2.75, 3.05) is 28.8 Å². The quantitative estimate of drug-likeness (QED) is 0.508. The van der Waals surface area contributed by atoms with Crippen LogP contribution in [0.3, 0.4) is 0 Å². The molecule has 33 heavy (non-hydrogen) atoms. The summed E-state index contributed by atoms with van der Waals surface area (Å²) in [5.74, 6) is 2.44. The normalized spacial score (nSPS) is 26.7. The SMILES string of the molecule is C=C1CC2c3ccccc3N3C=CN(C)C3C2C2N(C)c3nccnc3N2c2ccccc21. The molecule has 1 aromatic heterocycles. The number of fused-ring (bicyclic) bond motifs is 12. The Hall–Kier alpha value is -3.80. The first-order valence-corrected chi connectivity index (χ1v) is 11.5. The van der Waals surface area contributed by atoms with Crippen molar-refractivity contribution < 1.29 is 0 Å². The summed E-state index contributed by atoms with van der Waals surface area (Å²) < 4.78 is 0. The fraction of sp³-hybridized carbons (Fsp3) is 0.259. The molecule has 4 unspecified atom stereocenters. The Bertz CT molecular complexity index is 1320. The number of aromatic nitrogens is 2. The molecule has 0 N–H and O–H groups in total. The summed E-state index contributed by atoms with van der Waals surface area (Å²) >= 11 is 0. The Morgan fingerprint density at radius 3 is 2.42 bits per heavy atom. The minimum atomic E-state index is 0.0739. The number of anilines is 4. The Morgan fingerprint density at radius 1 is 0.848 bits per heavy atom. The lowest BCUT2D eigenvalue weighted by atomic mass is 9.72. The zero-order chi connectivity index (χ0) is 22.3. The number of nitrogens with zero attached hydrogens (tertiary/aromatic N) is 6. The van der Waals surface area contributed by atoms with Gasteiger partial charge in [-0.2, -0.15) is 0 Å². The smallest absolute Gasteiger partial charge is 0.178 e. The van der Waals surface area contributed by atoms with Crippen LogP contribution in [0.15, 0.2) is 79.9 Å². The lowest BCUT2D eigenvalue weighted by Gasteiger charge is -2.52. The minimum absolute atomic E-state index is 0.0739. The van der Waals surface area contributed by atoms with Crippen molar-refractivity contribution >= 4 is 28.6 Å². The van der Waals surface area contributed by atoms with E-state index in [0.717, 1.165) is 23.7 Å². The maximum atomic E-state index is 4.83. The lowest BCUT2D eigenvalue weighted by Crippen LogP contribution is -2.59. The highest BCUT2D eigenvalue weighted by Crippen LogP contribution is 2.56. The van der Waals surface area contributed by atoms with Crippen molar-refractivity contribution in [1.29, 1.82) is 0 Å². The van der Waals surface area contributed by atoms with Gasteiger partial charge in [0.25, 0.3) is 0 Å². The fourth-order valence-corrected chi connectivity index (χ4v) is 6.50. The van der Waals surface area contributed by atoms with Gasteiger partial charge in [-0.3, -0.25) is 0 Å². The second-order valence-electron chi connectivity index (χ2n) is 9.45. The van der Waals surface area contributed by atoms with Crippen LogP contribution in [0.4, 0.5) is 23.0 Å². The highest BCUT2D eigenvalue weighted by molar-refractivity contribution is 5.86. The third-order valence-electron chi connectivity index (χ3n) is 7.83. The molecular weight excluding hydrogens is 408 g/mol. The monoisotopic (exact) mass is 434 g/mol. The van der Waals surface area contributed by atoms with E-state index >= 15 is 0 Å². The number of hydrogen-bond acceptors (Lipinski definition) is 6. The van der Waals surface area contributed by atoms with Gasteiger partial charge in [0.05, 0.1) is 5.69 Å². The van der Waals surface area contributed by atoms with Crippen LogP contribution < -0.4 is 14.7 Å². The zero-order valence-electron chi connectivity index (χ0n) is 18.8. The van der Waals surface area contributed by atoms with Crippen molar-refractivity contribution in [3.63, 3.8) is 0 Å². The number of para-hydroxylation sites is 2. The molecule has 0 saturated heterocycles. The van der Waals surface area contributed by atoms with Gasteiger partial charge < -0.3 is 19.6 Å². The van der Waals surface area contributed by atoms with E-state index in [-0.39, 0.29) is 18.2 Å². The van der Waals surface area contributed by atoms with Crippen LogP contribution in [0.5, 0.6) is 0 Å². The molecule has 2 aromatic carbocycles. The number of rotatable bonds is 0. The van der Waals surface area contributed by atoms with Gasteiger partial charge in [-0.05, 0) is 29.7 Å². The minimum Gasteiger partial charge on any atom is -0.358 e. The molecule has 164 valence electrons. The maximum Gasteiger partial charge on any atom is 0.178 e. The number of benzene rings is 2. The first-order chi connectivity index (χ1) is 16.1. The summed E-state index contributed by atoms with van der Waals surface area (Å²) in [7, 11) is 4.36. The second kappa shape index (κ2) is 6.61. The Kier molecular flexibility index (Phi) is 3.75. The van der Waals surface area contributed by atoms with Crippen LogP contribution in [-0.2, 0) is 0 Å². The van der Waals surface area contributed by atoms with Gasteiger partial charge in [0.1, 0.15) is 12.3 Å². The molecule has 0 saturated carbocycles. The van der Waals surface area contributed by atoms with E-state index in [4.69, 9.17) is 9.97 Å². The average Bonchev–Trinajstić information content (AvgIpc) is 3.36. The second-order valence-corrected chi connectivity index (χ2v) is 9.45. The van der Waals surface area contributed by atoms with E-state index < -0.39 is 0 Å². The van der Waals surface area contributed by atoms with Crippen molar-refractivity contribution in [3.8, 4) is 0 Å². The molecule has 0 radical (unpaired) electrons. The predicted octanol–water partition coefficient (Wildman–Crippen LogP) is 4.77. The summed E-state index contributed by atoms with van der Waals surface area (Å²) in [4.78, 5) is 19.1. The van der Waals surface area contributed by atoms with E-state index in [9.17, 15) is 0 Å². The molecular formula is C27H26N6. The first kappa shape index (κ1) is 18.7. The largest absolute Gasteiger partial charge is 0.358 e. The van der Waals surface area contributed by atoms with Gasteiger partial charge in [0, 0.05) is 62.0 Å². The molecule has 4 aliphatic rings. The van der Waals surface area contributed by atoms with Crippen LogP contribution in [0, 0.1) is 5.92 Å². The highest BCUT2D eigenvalue weighted by atomic mass is 15.5. The van der Waals surface area contributed by atoms with Gasteiger partial charge in [-0.25, -0.2) is 9.97 Å². The van der Waals surface area contributed by atoms with E-state index in [1.165, 1.54) is 22.4 Å². The summed E-state index contributed by atoms with van der Waals surface area (Å²) in [6.45, 7) is 4.60. The molecule has 5 heterocycles. The molecule has 0 amide bonds. The lowest BCUT2D eigenvalue weighted by molar-refractivity contribution is 0.184. The summed E-state index contributed by atoms with van der Waals surface area (Å²) in [6.07, 6.45) is 9.22. The van der Waals surface area contributed by atoms with Crippen molar-refractivity contribution in [2.45, 2.75) is 24.7 Å². The average molecular weight is 435 g/mol.